The lowest BCUT2D eigenvalue weighted by Crippen LogP contribution is -1.83. The van der Waals surface area contributed by atoms with Crippen LogP contribution in [0.4, 0.5) is 4.39 Å². The predicted molar refractivity (Wildman–Crippen MR) is 75.5 cm³/mol. The van der Waals surface area contributed by atoms with Gasteiger partial charge in [0.1, 0.15) is 5.83 Å². The normalized spacial score (nSPS) is 11.6. The summed E-state index contributed by atoms with van der Waals surface area (Å²) in [7, 11) is 0. The first-order valence-electron chi connectivity index (χ1n) is 5.65. The van der Waals surface area contributed by atoms with Crippen LogP contribution in [0.1, 0.15) is 26.7 Å². The van der Waals surface area contributed by atoms with Gasteiger partial charge in [-0.2, -0.15) is 0 Å². The average molecular weight is 232 g/mol. The van der Waals surface area contributed by atoms with E-state index in [9.17, 15) is 4.39 Å². The minimum Gasteiger partial charge on any atom is -0.207 e. The maximum Gasteiger partial charge on any atom is 0.126 e. The zero-order chi connectivity index (χ0) is 13.4. The highest BCUT2D eigenvalue weighted by molar-refractivity contribution is 5.46. The number of rotatable bonds is 7. The van der Waals surface area contributed by atoms with Crippen molar-refractivity contribution in [1.29, 1.82) is 0 Å². The summed E-state index contributed by atoms with van der Waals surface area (Å²) in [4.78, 5) is 0. The molecule has 0 aromatic carbocycles. The summed E-state index contributed by atoms with van der Waals surface area (Å²) in [5.41, 5.74) is 2.65. The van der Waals surface area contributed by atoms with Gasteiger partial charge in [-0.3, -0.25) is 0 Å². The van der Waals surface area contributed by atoms with Crippen molar-refractivity contribution in [3.8, 4) is 0 Å². The topological polar surface area (TPSA) is 0 Å². The van der Waals surface area contributed by atoms with Crippen LogP contribution in [0.3, 0.4) is 0 Å². The highest BCUT2D eigenvalue weighted by Crippen LogP contribution is 2.17. The van der Waals surface area contributed by atoms with Crippen LogP contribution in [0.25, 0.3) is 0 Å². The minimum atomic E-state index is -0.364. The van der Waals surface area contributed by atoms with Gasteiger partial charge in [0.2, 0.25) is 0 Å². The van der Waals surface area contributed by atoms with E-state index in [4.69, 9.17) is 0 Å². The first kappa shape index (κ1) is 15.4. The van der Waals surface area contributed by atoms with E-state index in [1.807, 2.05) is 12.2 Å². The third-order valence-corrected chi connectivity index (χ3v) is 2.21. The van der Waals surface area contributed by atoms with Crippen LogP contribution in [-0.4, -0.2) is 0 Å². The summed E-state index contributed by atoms with van der Waals surface area (Å²) in [6.45, 7) is 18.7. The molecular formula is C16H21F. The molecule has 0 aliphatic rings. The fraction of sp³-hybridized carbons (Fsp3) is 0.250. The largest absolute Gasteiger partial charge is 0.207 e. The van der Waals surface area contributed by atoms with E-state index in [-0.39, 0.29) is 5.83 Å². The van der Waals surface area contributed by atoms with Crippen molar-refractivity contribution < 1.29 is 4.39 Å². The molecule has 0 radical (unpaired) electrons. The van der Waals surface area contributed by atoms with Gasteiger partial charge < -0.3 is 0 Å². The van der Waals surface area contributed by atoms with Gasteiger partial charge in [0, 0.05) is 0 Å². The second kappa shape index (κ2) is 7.61. The molecule has 0 unspecified atom stereocenters. The van der Waals surface area contributed by atoms with Gasteiger partial charge in [-0.05, 0) is 36.1 Å². The first-order chi connectivity index (χ1) is 7.88. The number of allylic oxidation sites excluding steroid dienone is 8. The first-order valence-corrected chi connectivity index (χ1v) is 5.65. The molecule has 0 aliphatic heterocycles. The molecule has 0 N–H and O–H groups in total. The van der Waals surface area contributed by atoms with E-state index in [0.29, 0.717) is 16.7 Å². The lowest BCUT2D eigenvalue weighted by Gasteiger charge is -2.01. The van der Waals surface area contributed by atoms with Crippen LogP contribution >= 0.6 is 0 Å². The van der Waals surface area contributed by atoms with Gasteiger partial charge in [0.15, 0.2) is 0 Å². The molecule has 0 heterocycles. The number of hydrogen-bond donors (Lipinski definition) is 0. The Bertz CT molecular complexity index is 392. The van der Waals surface area contributed by atoms with E-state index < -0.39 is 0 Å². The molecule has 17 heavy (non-hydrogen) atoms. The summed E-state index contributed by atoms with van der Waals surface area (Å²) >= 11 is 0. The monoisotopic (exact) mass is 232 g/mol. The molecule has 0 aromatic heterocycles. The van der Waals surface area contributed by atoms with Gasteiger partial charge in [0.05, 0.1) is 0 Å². The van der Waals surface area contributed by atoms with Gasteiger partial charge in [-0.15, -0.1) is 0 Å². The van der Waals surface area contributed by atoms with E-state index in [2.05, 4.69) is 33.2 Å². The van der Waals surface area contributed by atoms with E-state index in [0.717, 1.165) is 18.4 Å². The summed E-state index contributed by atoms with van der Waals surface area (Å²) in [6.07, 6.45) is 7.05. The second-order valence-corrected chi connectivity index (χ2v) is 4.06. The lowest BCUT2D eigenvalue weighted by atomic mass is 10.1. The molecule has 0 bridgehead atoms. The standard InChI is InChI=1S/C16H21F/c1-7-8-13(4)9-10-14(5)15(6)11-16(17)12(2)3/h9-11H,2,4-8H2,1,3H3/b10-9-,16-11+. The summed E-state index contributed by atoms with van der Waals surface area (Å²) in [5, 5.41) is 0. The van der Waals surface area contributed by atoms with Crippen molar-refractivity contribution in [3.05, 3.63) is 72.7 Å². The molecule has 0 spiro atoms. The molecule has 0 saturated carbocycles. The Hall–Kier alpha value is -1.63. The molecule has 92 valence electrons. The Labute approximate surface area is 104 Å². The number of hydrogen-bond acceptors (Lipinski definition) is 0. The molecule has 0 nitrogen and oxygen atoms in total. The van der Waals surface area contributed by atoms with Crippen molar-refractivity contribution >= 4 is 0 Å². The van der Waals surface area contributed by atoms with Crippen molar-refractivity contribution in [2.24, 2.45) is 0 Å². The van der Waals surface area contributed by atoms with E-state index in [1.54, 1.807) is 6.92 Å². The Morgan fingerprint density at radius 3 is 2.12 bits per heavy atom. The predicted octanol–water partition coefficient (Wildman–Crippen LogP) is 5.44. The molecule has 0 fully saturated rings. The molecule has 0 aliphatic carbocycles. The van der Waals surface area contributed by atoms with Crippen LogP contribution in [0, 0.1) is 0 Å². The van der Waals surface area contributed by atoms with Crippen molar-refractivity contribution in [1.82, 2.24) is 0 Å². The SMILES string of the molecule is C=C(/C=C\C(=C)C(=C)/C=C(/F)C(=C)C)CCC. The molecule has 1 heteroatoms. The summed E-state index contributed by atoms with van der Waals surface area (Å²) < 4.78 is 13.3. The summed E-state index contributed by atoms with van der Waals surface area (Å²) in [5.74, 6) is -0.364. The van der Waals surface area contributed by atoms with Crippen LogP contribution in [0.2, 0.25) is 0 Å². The maximum atomic E-state index is 13.3. The fourth-order valence-electron chi connectivity index (χ4n) is 1.10. The molecule has 0 amide bonds. The minimum absolute atomic E-state index is 0.364. The molecular weight excluding hydrogens is 211 g/mol. The quantitative estimate of drug-likeness (QED) is 0.513. The number of halogens is 1. The zero-order valence-electron chi connectivity index (χ0n) is 10.9. The third kappa shape index (κ3) is 6.52. The average Bonchev–Trinajstić information content (AvgIpc) is 2.25. The van der Waals surface area contributed by atoms with Crippen LogP contribution in [-0.2, 0) is 0 Å². The zero-order valence-corrected chi connectivity index (χ0v) is 10.9. The van der Waals surface area contributed by atoms with Crippen LogP contribution < -0.4 is 0 Å². The fourth-order valence-corrected chi connectivity index (χ4v) is 1.10. The molecule has 0 saturated heterocycles. The van der Waals surface area contributed by atoms with Gasteiger partial charge in [0.25, 0.3) is 0 Å². The third-order valence-electron chi connectivity index (χ3n) is 2.21. The van der Waals surface area contributed by atoms with Gasteiger partial charge in [-0.25, -0.2) is 4.39 Å². The van der Waals surface area contributed by atoms with Crippen molar-refractivity contribution in [2.45, 2.75) is 26.7 Å². The highest BCUT2D eigenvalue weighted by Gasteiger charge is 1.98. The Morgan fingerprint density at radius 1 is 1.06 bits per heavy atom. The Morgan fingerprint density at radius 2 is 1.65 bits per heavy atom. The smallest absolute Gasteiger partial charge is 0.126 e. The molecule has 0 aromatic rings. The van der Waals surface area contributed by atoms with Gasteiger partial charge in [-0.1, -0.05) is 57.4 Å². The maximum absolute atomic E-state index is 13.3. The molecule has 0 rings (SSSR count). The highest BCUT2D eigenvalue weighted by atomic mass is 19.1. The van der Waals surface area contributed by atoms with Crippen molar-refractivity contribution in [2.75, 3.05) is 0 Å². The van der Waals surface area contributed by atoms with Crippen molar-refractivity contribution in [3.63, 3.8) is 0 Å². The van der Waals surface area contributed by atoms with E-state index >= 15 is 0 Å². The Balaban J connectivity index is 4.54. The summed E-state index contributed by atoms with van der Waals surface area (Å²) in [6, 6.07) is 0. The Kier molecular flexibility index (Phi) is 6.88. The van der Waals surface area contributed by atoms with Crippen LogP contribution in [0.5, 0.6) is 0 Å². The van der Waals surface area contributed by atoms with Crippen LogP contribution in [0.15, 0.2) is 72.7 Å². The lowest BCUT2D eigenvalue weighted by molar-refractivity contribution is 0.652. The second-order valence-electron chi connectivity index (χ2n) is 4.06. The van der Waals surface area contributed by atoms with E-state index in [1.165, 1.54) is 6.08 Å². The molecule has 0 atom stereocenters. The van der Waals surface area contributed by atoms with Gasteiger partial charge >= 0.3 is 0 Å².